The Kier molecular flexibility index (Phi) is 28.6. The highest BCUT2D eigenvalue weighted by molar-refractivity contribution is 7.19. The number of benzene rings is 6. The normalized spacial score (nSPS) is 12.3. The molecule has 1 N–H and O–H groups in total. The minimum absolute atomic E-state index is 0.166. The molecule has 15 nitrogen and oxygen atoms in total. The highest BCUT2D eigenvalue weighted by Gasteiger charge is 2.22. The largest absolute Gasteiger partial charge is 0.345 e. The number of hydrogen-bond acceptors (Lipinski definition) is 14. The topological polar surface area (TPSA) is 179 Å². The van der Waals surface area contributed by atoms with Crippen molar-refractivity contribution in [3.05, 3.63) is 303 Å². The van der Waals surface area contributed by atoms with Gasteiger partial charge in [0, 0.05) is 86.7 Å². The summed E-state index contributed by atoms with van der Waals surface area (Å²) < 4.78 is 6.52. The fourth-order valence-electron chi connectivity index (χ4n) is 12.8. The number of aromatic amines is 1. The van der Waals surface area contributed by atoms with Crippen molar-refractivity contribution in [1.29, 1.82) is 0 Å². The molecule has 120 heavy (non-hydrogen) atoms. The number of aliphatic imine (C=N–C) groups is 1. The van der Waals surface area contributed by atoms with Crippen LogP contribution in [-0.2, 0) is 49.9 Å². The molecule has 0 radical (unpaired) electrons. The van der Waals surface area contributed by atoms with Gasteiger partial charge in [-0.15, -0.1) is 22.7 Å². The third-order valence-electron chi connectivity index (χ3n) is 20.7. The molecule has 0 saturated carbocycles. The van der Waals surface area contributed by atoms with Crippen molar-refractivity contribution in [2.45, 2.75) is 244 Å². The molecule has 18 rings (SSSR count). The molecule has 0 bridgehead atoms. The van der Waals surface area contributed by atoms with Gasteiger partial charge < -0.3 is 9.38 Å². The maximum absolute atomic E-state index is 4.49. The van der Waals surface area contributed by atoms with Crippen molar-refractivity contribution in [3.8, 4) is 0 Å². The van der Waals surface area contributed by atoms with E-state index in [1.54, 1.807) is 41.0 Å². The van der Waals surface area contributed by atoms with Gasteiger partial charge in [0.15, 0.2) is 5.65 Å². The lowest BCUT2D eigenvalue weighted by Crippen LogP contribution is -2.12. The lowest BCUT2D eigenvalue weighted by molar-refractivity contribution is 0.584. The van der Waals surface area contributed by atoms with Crippen LogP contribution < -0.4 is 0 Å². The summed E-state index contributed by atoms with van der Waals surface area (Å²) in [4.78, 5) is 51.3. The summed E-state index contributed by atoms with van der Waals surface area (Å²) in [6.07, 6.45) is 20.3. The fraction of sp³-hybridized carbons (Fsp3) is 0.359. The fourth-order valence-corrected chi connectivity index (χ4v) is 14.6. The number of hydrogen-bond donors (Lipinski definition) is 1. The van der Waals surface area contributed by atoms with Gasteiger partial charge in [-0.1, -0.05) is 227 Å². The van der Waals surface area contributed by atoms with Crippen molar-refractivity contribution < 1.29 is 0 Å². The predicted molar refractivity (Wildman–Crippen MR) is 511 cm³/mol. The molecule has 12 heterocycles. The minimum atomic E-state index is 0.166. The molecule has 6 aromatic carbocycles. The van der Waals surface area contributed by atoms with Crippen LogP contribution in [0, 0.1) is 27.7 Å². The number of fused-ring (bicyclic) bond motifs is 9. The number of nitrogens with one attached hydrogen (secondary N) is 1. The van der Waals surface area contributed by atoms with E-state index in [2.05, 4.69) is 389 Å². The second-order valence-electron chi connectivity index (χ2n) is 39.2. The van der Waals surface area contributed by atoms with E-state index in [9.17, 15) is 0 Å². The summed E-state index contributed by atoms with van der Waals surface area (Å²) in [5.74, 6) is 0. The first-order valence-electron chi connectivity index (χ1n) is 41.4. The van der Waals surface area contributed by atoms with Gasteiger partial charge >= 0.3 is 0 Å². The lowest BCUT2D eigenvalue weighted by Gasteiger charge is -2.19. The number of pyridine rings is 4. The minimum Gasteiger partial charge on any atom is -0.345 e. The highest BCUT2D eigenvalue weighted by atomic mass is 32.1. The quantitative estimate of drug-likeness (QED) is 0.153. The Hall–Kier alpha value is -11.1. The Morgan fingerprint density at radius 1 is 0.392 bits per heavy atom. The molecule has 0 fully saturated rings. The smallest absolute Gasteiger partial charge is 0.155 e. The predicted octanol–water partition coefficient (Wildman–Crippen LogP) is 26.9. The molecule has 0 atom stereocenters. The van der Waals surface area contributed by atoms with Gasteiger partial charge in [0.2, 0.25) is 0 Å². The Labute approximate surface area is 720 Å². The van der Waals surface area contributed by atoms with Crippen molar-refractivity contribution in [1.82, 2.24) is 68.8 Å². The van der Waals surface area contributed by atoms with E-state index >= 15 is 0 Å². The van der Waals surface area contributed by atoms with E-state index in [0.717, 1.165) is 73.2 Å². The molecule has 1 aliphatic heterocycles. The second-order valence-corrected chi connectivity index (χ2v) is 41.2. The van der Waals surface area contributed by atoms with Crippen LogP contribution in [0.3, 0.4) is 0 Å². The van der Waals surface area contributed by atoms with Gasteiger partial charge in [-0.2, -0.15) is 5.10 Å². The molecule has 0 unspecified atom stereocenters. The summed E-state index contributed by atoms with van der Waals surface area (Å²) >= 11 is 3.57. The van der Waals surface area contributed by atoms with Crippen LogP contribution in [0.25, 0.3) is 75.5 Å². The first-order chi connectivity index (χ1) is 56.1. The monoisotopic (exact) mass is 1640 g/mol. The van der Waals surface area contributed by atoms with Crippen LogP contribution in [0.1, 0.15) is 244 Å². The van der Waals surface area contributed by atoms with Crippen molar-refractivity contribution in [2.75, 3.05) is 0 Å². The van der Waals surface area contributed by atoms with Crippen LogP contribution in [-0.4, -0.2) is 75.1 Å². The van der Waals surface area contributed by atoms with E-state index in [-0.39, 0.29) is 43.3 Å². The molecular formula is C103H125N15S2. The molecule has 0 amide bonds. The van der Waals surface area contributed by atoms with E-state index < -0.39 is 0 Å². The maximum Gasteiger partial charge on any atom is 0.155 e. The maximum atomic E-state index is 4.49. The number of imidazole rings is 2. The molecular weight excluding hydrogens is 1510 g/mol. The summed E-state index contributed by atoms with van der Waals surface area (Å²) in [5, 5.41) is 7.74. The average Bonchev–Trinajstić information content (AvgIpc) is 1.65. The van der Waals surface area contributed by atoms with Crippen LogP contribution in [0.15, 0.2) is 231 Å². The van der Waals surface area contributed by atoms with Gasteiger partial charge in [0.25, 0.3) is 0 Å². The van der Waals surface area contributed by atoms with Crippen molar-refractivity contribution in [2.24, 2.45) is 4.99 Å². The summed E-state index contributed by atoms with van der Waals surface area (Å²) in [6, 6.07) is 55.4. The zero-order chi connectivity index (χ0) is 87.5. The van der Waals surface area contributed by atoms with E-state index in [0.29, 0.717) is 0 Å². The second kappa shape index (κ2) is 37.7. The summed E-state index contributed by atoms with van der Waals surface area (Å²) in [5.41, 5.74) is 29.3. The van der Waals surface area contributed by atoms with Gasteiger partial charge in [-0.05, 0) is 224 Å². The molecule has 1 aliphatic rings. The SMILES string of the molecule is CC(C)(C)c1cc2cnccc2s1.CC(C)(C)c1ccc2c(c1)C=NC2.CC(C)(C)c1ccc2nc[nH]c2c1.CC(C)(C)c1ccc2ncccc2c1.CC(C)(C)c1ccc2ncnn2c1.CC(C)(C)c1ccc2ncsc2c1.Cc1ccc2ncc(C)n2c1.Cc1cnc2ccc(C(C)(C)C)cc2n1.Cc1ncnc2ccc(C(C)(C)C)cc12. The van der Waals surface area contributed by atoms with Crippen LogP contribution >= 0.6 is 22.7 Å². The van der Waals surface area contributed by atoms with E-state index in [4.69, 9.17) is 0 Å². The number of aryl methyl sites for hydroxylation is 4. The lowest BCUT2D eigenvalue weighted by atomic mass is 9.85. The third kappa shape index (κ3) is 25.0. The third-order valence-corrected chi connectivity index (χ3v) is 23.1. The van der Waals surface area contributed by atoms with E-state index in [1.165, 1.54) is 86.4 Å². The zero-order valence-electron chi connectivity index (χ0n) is 76.2. The first kappa shape index (κ1) is 91.2. The molecule has 17 aromatic rings. The van der Waals surface area contributed by atoms with E-state index in [1.807, 2.05) is 92.2 Å². The molecule has 0 spiro atoms. The molecule has 0 aliphatic carbocycles. The number of H-pyrrole nitrogens is 1. The number of aromatic nitrogens is 14. The standard InChI is InChI=1S/2C13H16N2.C13H15N.C12H15N.C11H14N2.2C11H13NS.C10H13N3.C9H10N2/c1-9-11-7-10(13(2,3)4)5-6-12(11)15-8-14-9;1-9-8-14-11-6-5-10(13(2,3)4)7-12(11)15-9;1-13(2,3)11-6-7-12-10(9-11)5-4-8-14-12;1-12(2,3)11-5-4-9-7-13-8-10(9)6-11;1-11(2,3)8-4-5-9-10(6-8)13-7-12-9;1-11(2,3)10-6-8-7-12-5-4-9(8)13-10;1-11(2,3)8-4-5-9-10(6-8)13-7-12-9;1-10(2,3)8-4-5-9-11-7-12-13(9)6-8;1-7-3-4-9-10-5-8(2)11(9)6-7/h2*5-8H,1-4H3;4-9H,1-3H3;4-6,8H,7H2,1-3H3;4-7H,1-3H3,(H,12,13);3*4-7H,1-3H3;3-6H,1-2H3. The molecule has 11 aromatic heterocycles. The highest BCUT2D eigenvalue weighted by Crippen LogP contribution is 2.35. The zero-order valence-corrected chi connectivity index (χ0v) is 77.9. The van der Waals surface area contributed by atoms with Gasteiger partial charge in [-0.25, -0.2) is 39.4 Å². The Bertz CT molecular complexity index is 6060. The summed E-state index contributed by atoms with van der Waals surface area (Å²) in [6.45, 7) is 62.3. The van der Waals surface area contributed by atoms with Gasteiger partial charge in [0.1, 0.15) is 18.3 Å². The van der Waals surface area contributed by atoms with Crippen molar-refractivity contribution in [3.63, 3.8) is 0 Å². The van der Waals surface area contributed by atoms with Crippen LogP contribution in [0.2, 0.25) is 0 Å². The Morgan fingerprint density at radius 2 is 0.975 bits per heavy atom. The van der Waals surface area contributed by atoms with Crippen LogP contribution in [0.4, 0.5) is 0 Å². The number of rotatable bonds is 0. The van der Waals surface area contributed by atoms with Crippen LogP contribution in [0.5, 0.6) is 0 Å². The summed E-state index contributed by atoms with van der Waals surface area (Å²) in [7, 11) is 0. The van der Waals surface area contributed by atoms with Gasteiger partial charge in [-0.3, -0.25) is 19.9 Å². The van der Waals surface area contributed by atoms with Gasteiger partial charge in [0.05, 0.1) is 67.4 Å². The average molecular weight is 1640 g/mol. The molecule has 17 heteroatoms. The Morgan fingerprint density at radius 3 is 1.63 bits per heavy atom. The molecule has 0 saturated heterocycles. The number of thiophene rings is 1. The first-order valence-corrected chi connectivity index (χ1v) is 43.1. The molecule has 624 valence electrons. The number of thiazole rings is 1. The number of nitrogens with zero attached hydrogens (tertiary/aromatic N) is 14. The van der Waals surface area contributed by atoms with Crippen molar-refractivity contribution >= 4 is 104 Å². The Balaban J connectivity index is 0.000000142.